The van der Waals surface area contributed by atoms with Crippen LogP contribution in [0.5, 0.6) is 5.75 Å². The Bertz CT molecular complexity index is 918. The maximum atomic E-state index is 12.9. The van der Waals surface area contributed by atoms with Crippen molar-refractivity contribution >= 4 is 39.8 Å². The van der Waals surface area contributed by atoms with Crippen molar-refractivity contribution in [3.05, 3.63) is 57.1 Å². The number of pyridine rings is 1. The lowest BCUT2D eigenvalue weighted by molar-refractivity contribution is 0.102. The van der Waals surface area contributed by atoms with E-state index in [-0.39, 0.29) is 5.91 Å². The van der Waals surface area contributed by atoms with Crippen molar-refractivity contribution in [1.82, 2.24) is 9.38 Å². The Kier molecular flexibility index (Phi) is 4.75. The third kappa shape index (κ3) is 2.98. The van der Waals surface area contributed by atoms with Gasteiger partial charge in [0.2, 0.25) is 0 Å². The van der Waals surface area contributed by atoms with Gasteiger partial charge in [-0.2, -0.15) is 0 Å². The molecule has 2 aromatic heterocycles. The molecule has 124 valence electrons. The topological polar surface area (TPSA) is 55.6 Å². The summed E-state index contributed by atoms with van der Waals surface area (Å²) in [6, 6.07) is 9.62. The van der Waals surface area contributed by atoms with Crippen molar-refractivity contribution < 1.29 is 9.53 Å². The zero-order chi connectivity index (χ0) is 17.3. The summed E-state index contributed by atoms with van der Waals surface area (Å²) in [4.78, 5) is 17.5. The smallest absolute Gasteiger partial charge is 0.274 e. The number of hydrogen-bond donors (Lipinski definition) is 1. The van der Waals surface area contributed by atoms with Crippen molar-refractivity contribution in [2.75, 3.05) is 12.4 Å². The highest BCUT2D eigenvalue weighted by Crippen LogP contribution is 2.24. The van der Waals surface area contributed by atoms with E-state index < -0.39 is 0 Å². The Morgan fingerprint density at radius 3 is 2.83 bits per heavy atom. The van der Waals surface area contributed by atoms with Crippen molar-refractivity contribution in [2.45, 2.75) is 20.3 Å². The molecule has 1 amide bonds. The first-order valence-corrected chi connectivity index (χ1v) is 8.74. The summed E-state index contributed by atoms with van der Waals surface area (Å²) in [6.07, 6.45) is 2.50. The molecule has 0 saturated carbocycles. The molecule has 0 fully saturated rings. The summed E-state index contributed by atoms with van der Waals surface area (Å²) >= 11 is 2.26. The SMILES string of the molecule is CCc1nc2c(OC)cccn2c1C(=O)Nc1ccc(I)cc1C. The largest absolute Gasteiger partial charge is 0.493 e. The Morgan fingerprint density at radius 2 is 2.17 bits per heavy atom. The lowest BCUT2D eigenvalue weighted by Crippen LogP contribution is -2.17. The van der Waals surface area contributed by atoms with Crippen LogP contribution in [-0.4, -0.2) is 22.4 Å². The van der Waals surface area contributed by atoms with Crippen molar-refractivity contribution in [2.24, 2.45) is 0 Å². The number of amides is 1. The number of anilines is 1. The predicted molar refractivity (Wildman–Crippen MR) is 103 cm³/mol. The molecule has 0 atom stereocenters. The molecule has 1 aromatic carbocycles. The minimum Gasteiger partial charge on any atom is -0.493 e. The van der Waals surface area contributed by atoms with Gasteiger partial charge < -0.3 is 10.1 Å². The summed E-state index contributed by atoms with van der Waals surface area (Å²) in [7, 11) is 1.60. The number of nitrogens with one attached hydrogen (secondary N) is 1. The number of ether oxygens (including phenoxy) is 1. The van der Waals surface area contributed by atoms with E-state index in [4.69, 9.17) is 4.74 Å². The fourth-order valence-corrected chi connectivity index (χ4v) is 3.33. The maximum Gasteiger partial charge on any atom is 0.274 e. The lowest BCUT2D eigenvalue weighted by atomic mass is 10.2. The third-order valence-corrected chi connectivity index (χ3v) is 4.56. The second-order valence-corrected chi connectivity index (χ2v) is 6.69. The standard InChI is InChI=1S/C18H18IN3O2/c1-4-13-16(22-9-5-6-15(24-3)17(22)20-13)18(23)21-14-8-7-12(19)10-11(14)2/h5-10H,4H2,1-3H3,(H,21,23). The molecule has 3 rings (SSSR count). The highest BCUT2D eigenvalue weighted by molar-refractivity contribution is 14.1. The Labute approximate surface area is 154 Å². The number of carbonyl (C=O) groups is 1. The van der Waals surface area contributed by atoms with Crippen LogP contribution >= 0.6 is 22.6 Å². The molecule has 0 bridgehead atoms. The molecule has 1 N–H and O–H groups in total. The van der Waals surface area contributed by atoms with Gasteiger partial charge in [-0.3, -0.25) is 9.20 Å². The predicted octanol–water partition coefficient (Wildman–Crippen LogP) is 4.07. The van der Waals surface area contributed by atoms with Gasteiger partial charge in [-0.25, -0.2) is 4.98 Å². The molecule has 0 aliphatic rings. The van der Waals surface area contributed by atoms with Gasteiger partial charge in [-0.05, 0) is 71.8 Å². The van der Waals surface area contributed by atoms with Gasteiger partial charge >= 0.3 is 0 Å². The van der Waals surface area contributed by atoms with E-state index in [9.17, 15) is 4.79 Å². The molecule has 0 unspecified atom stereocenters. The number of benzene rings is 1. The van der Waals surface area contributed by atoms with Crippen LogP contribution in [0.4, 0.5) is 5.69 Å². The molecule has 0 saturated heterocycles. The molecule has 3 aromatic rings. The molecular weight excluding hydrogens is 417 g/mol. The van der Waals surface area contributed by atoms with Crippen LogP contribution in [0.15, 0.2) is 36.5 Å². The molecular formula is C18H18IN3O2. The van der Waals surface area contributed by atoms with E-state index in [0.29, 0.717) is 23.5 Å². The monoisotopic (exact) mass is 435 g/mol. The van der Waals surface area contributed by atoms with Gasteiger partial charge in [-0.15, -0.1) is 0 Å². The number of rotatable bonds is 4. The van der Waals surface area contributed by atoms with Gasteiger partial charge in [0.25, 0.3) is 5.91 Å². The zero-order valence-corrected chi connectivity index (χ0v) is 15.9. The first kappa shape index (κ1) is 16.8. The number of fused-ring (bicyclic) bond motifs is 1. The van der Waals surface area contributed by atoms with Crippen LogP contribution in [0.3, 0.4) is 0 Å². The Hall–Kier alpha value is -2.09. The number of hydrogen-bond acceptors (Lipinski definition) is 3. The quantitative estimate of drug-likeness (QED) is 0.629. The average Bonchev–Trinajstić information content (AvgIpc) is 2.96. The highest BCUT2D eigenvalue weighted by Gasteiger charge is 2.20. The van der Waals surface area contributed by atoms with Crippen LogP contribution in [0, 0.1) is 10.5 Å². The van der Waals surface area contributed by atoms with Crippen LogP contribution in [-0.2, 0) is 6.42 Å². The molecule has 2 heterocycles. The van der Waals surface area contributed by atoms with Crippen LogP contribution in [0.2, 0.25) is 0 Å². The minimum atomic E-state index is -0.170. The number of aromatic nitrogens is 2. The molecule has 24 heavy (non-hydrogen) atoms. The van der Waals surface area contributed by atoms with Crippen LogP contribution in [0.1, 0.15) is 28.7 Å². The van der Waals surface area contributed by atoms with Crippen LogP contribution < -0.4 is 10.1 Å². The number of halogens is 1. The van der Waals surface area contributed by atoms with E-state index >= 15 is 0 Å². The van der Waals surface area contributed by atoms with Gasteiger partial charge in [0.15, 0.2) is 11.4 Å². The van der Waals surface area contributed by atoms with Gasteiger partial charge in [0.05, 0.1) is 12.8 Å². The van der Waals surface area contributed by atoms with Crippen LogP contribution in [0.25, 0.3) is 5.65 Å². The number of imidazole rings is 1. The summed E-state index contributed by atoms with van der Waals surface area (Å²) in [5.41, 5.74) is 3.78. The first-order chi connectivity index (χ1) is 11.5. The van der Waals surface area contributed by atoms with Gasteiger partial charge in [0, 0.05) is 15.5 Å². The highest BCUT2D eigenvalue weighted by atomic mass is 127. The normalized spacial score (nSPS) is 10.8. The Balaban J connectivity index is 2.06. The third-order valence-electron chi connectivity index (χ3n) is 3.89. The molecule has 5 nitrogen and oxygen atoms in total. The fraction of sp³-hybridized carbons (Fsp3) is 0.222. The summed E-state index contributed by atoms with van der Waals surface area (Å²) in [6.45, 7) is 3.97. The zero-order valence-electron chi connectivity index (χ0n) is 13.8. The average molecular weight is 435 g/mol. The molecule has 0 aliphatic carbocycles. The van der Waals surface area contributed by atoms with E-state index in [0.717, 1.165) is 20.5 Å². The molecule has 0 radical (unpaired) electrons. The maximum absolute atomic E-state index is 12.9. The molecule has 0 aliphatic heterocycles. The number of aryl methyl sites for hydroxylation is 2. The van der Waals surface area contributed by atoms with Gasteiger partial charge in [0.1, 0.15) is 5.69 Å². The van der Waals surface area contributed by atoms with Crippen molar-refractivity contribution in [3.8, 4) is 5.75 Å². The summed E-state index contributed by atoms with van der Waals surface area (Å²) in [5, 5.41) is 3.00. The molecule has 0 spiro atoms. The first-order valence-electron chi connectivity index (χ1n) is 7.66. The van der Waals surface area contributed by atoms with E-state index in [1.807, 2.05) is 50.4 Å². The lowest BCUT2D eigenvalue weighted by Gasteiger charge is -2.10. The van der Waals surface area contributed by atoms with Crippen molar-refractivity contribution in [1.29, 1.82) is 0 Å². The summed E-state index contributed by atoms with van der Waals surface area (Å²) in [5.74, 6) is 0.480. The number of carbonyl (C=O) groups excluding carboxylic acids is 1. The Morgan fingerprint density at radius 1 is 1.38 bits per heavy atom. The number of nitrogens with zero attached hydrogens (tertiary/aromatic N) is 2. The second-order valence-electron chi connectivity index (χ2n) is 5.44. The number of methoxy groups -OCH3 is 1. The van der Waals surface area contributed by atoms with E-state index in [1.165, 1.54) is 0 Å². The fourth-order valence-electron chi connectivity index (χ4n) is 2.68. The summed E-state index contributed by atoms with van der Waals surface area (Å²) < 4.78 is 8.28. The minimum absolute atomic E-state index is 0.170. The van der Waals surface area contributed by atoms with E-state index in [1.54, 1.807) is 11.5 Å². The second kappa shape index (κ2) is 6.80. The molecule has 6 heteroatoms. The van der Waals surface area contributed by atoms with E-state index in [2.05, 4.69) is 32.9 Å². The van der Waals surface area contributed by atoms with Crippen molar-refractivity contribution in [3.63, 3.8) is 0 Å². The van der Waals surface area contributed by atoms with Gasteiger partial charge in [-0.1, -0.05) is 6.92 Å².